The Morgan fingerprint density at radius 1 is 1.41 bits per heavy atom. The van der Waals surface area contributed by atoms with E-state index in [9.17, 15) is 0 Å². The van der Waals surface area contributed by atoms with Crippen LogP contribution in [-0.2, 0) is 13.5 Å². The van der Waals surface area contributed by atoms with Gasteiger partial charge in [-0.05, 0) is 26.4 Å². The molecule has 0 aromatic carbocycles. The first-order valence-corrected chi connectivity index (χ1v) is 6.51. The van der Waals surface area contributed by atoms with Gasteiger partial charge in [-0.3, -0.25) is 4.68 Å². The minimum absolute atomic E-state index is 0.709. The summed E-state index contributed by atoms with van der Waals surface area (Å²) in [5.74, 6) is 0.928. The normalized spacial score (nSPS) is 21.9. The molecule has 5 nitrogen and oxygen atoms in total. The van der Waals surface area contributed by atoms with Crippen molar-refractivity contribution in [2.45, 2.75) is 31.7 Å². The SMILES string of the molecule is CN1CCCCC1CNCCc1ncn(C)n1. The molecule has 1 aliphatic heterocycles. The molecule has 0 bridgehead atoms. The lowest BCUT2D eigenvalue weighted by Gasteiger charge is -2.32. The number of aryl methyl sites for hydroxylation is 1. The van der Waals surface area contributed by atoms with E-state index in [0.29, 0.717) is 6.04 Å². The van der Waals surface area contributed by atoms with Crippen LogP contribution in [0.1, 0.15) is 25.1 Å². The number of likely N-dealkylation sites (N-methyl/N-ethyl adjacent to an activating group) is 1. The van der Waals surface area contributed by atoms with Crippen molar-refractivity contribution < 1.29 is 0 Å². The summed E-state index contributed by atoms with van der Waals surface area (Å²) in [5.41, 5.74) is 0. The van der Waals surface area contributed by atoms with Crippen molar-refractivity contribution in [3.8, 4) is 0 Å². The summed E-state index contributed by atoms with van der Waals surface area (Å²) in [6, 6.07) is 0.709. The number of nitrogens with zero attached hydrogens (tertiary/aromatic N) is 4. The summed E-state index contributed by atoms with van der Waals surface area (Å²) in [6.07, 6.45) is 6.72. The van der Waals surface area contributed by atoms with Crippen LogP contribution in [0, 0.1) is 0 Å². The van der Waals surface area contributed by atoms with Gasteiger partial charge in [-0.2, -0.15) is 5.10 Å². The zero-order valence-corrected chi connectivity index (χ0v) is 10.9. The molecule has 0 spiro atoms. The van der Waals surface area contributed by atoms with Crippen LogP contribution in [0.15, 0.2) is 6.33 Å². The first kappa shape index (κ1) is 12.5. The maximum Gasteiger partial charge on any atom is 0.151 e. The lowest BCUT2D eigenvalue weighted by Crippen LogP contribution is -2.43. The third kappa shape index (κ3) is 3.78. The highest BCUT2D eigenvalue weighted by molar-refractivity contribution is 4.83. The van der Waals surface area contributed by atoms with Gasteiger partial charge in [-0.1, -0.05) is 6.42 Å². The molecule has 0 amide bonds. The van der Waals surface area contributed by atoms with Crippen molar-refractivity contribution in [2.75, 3.05) is 26.7 Å². The predicted octanol–water partition coefficient (Wildman–Crippen LogP) is 0.431. The summed E-state index contributed by atoms with van der Waals surface area (Å²) < 4.78 is 1.75. The molecule has 1 atom stereocenters. The van der Waals surface area contributed by atoms with Crippen molar-refractivity contribution in [3.05, 3.63) is 12.2 Å². The van der Waals surface area contributed by atoms with Crippen LogP contribution in [-0.4, -0.2) is 52.4 Å². The third-order valence-electron chi connectivity index (χ3n) is 3.47. The maximum absolute atomic E-state index is 4.27. The fourth-order valence-corrected chi connectivity index (χ4v) is 2.37. The Morgan fingerprint density at radius 3 is 3.00 bits per heavy atom. The number of nitrogens with one attached hydrogen (secondary N) is 1. The molecular weight excluding hydrogens is 214 g/mol. The van der Waals surface area contributed by atoms with Crippen LogP contribution in [0.3, 0.4) is 0 Å². The third-order valence-corrected chi connectivity index (χ3v) is 3.47. The zero-order chi connectivity index (χ0) is 12.1. The molecule has 1 saturated heterocycles. The van der Waals surface area contributed by atoms with Gasteiger partial charge in [-0.15, -0.1) is 0 Å². The van der Waals surface area contributed by atoms with Gasteiger partial charge < -0.3 is 10.2 Å². The highest BCUT2D eigenvalue weighted by atomic mass is 15.3. The summed E-state index contributed by atoms with van der Waals surface area (Å²) >= 11 is 0. The van der Waals surface area contributed by atoms with E-state index in [4.69, 9.17) is 0 Å². The van der Waals surface area contributed by atoms with E-state index in [1.54, 1.807) is 11.0 Å². The molecule has 1 aromatic rings. The fourth-order valence-electron chi connectivity index (χ4n) is 2.37. The van der Waals surface area contributed by atoms with Gasteiger partial charge in [-0.25, -0.2) is 4.98 Å². The van der Waals surface area contributed by atoms with E-state index in [-0.39, 0.29) is 0 Å². The van der Waals surface area contributed by atoms with Gasteiger partial charge in [0.05, 0.1) is 0 Å². The lowest BCUT2D eigenvalue weighted by atomic mass is 10.0. The highest BCUT2D eigenvalue weighted by Gasteiger charge is 2.17. The van der Waals surface area contributed by atoms with E-state index in [1.807, 2.05) is 7.05 Å². The van der Waals surface area contributed by atoms with Crippen LogP contribution in [0.4, 0.5) is 0 Å². The molecule has 5 heteroatoms. The molecule has 0 aliphatic carbocycles. The molecule has 1 unspecified atom stereocenters. The van der Waals surface area contributed by atoms with E-state index >= 15 is 0 Å². The van der Waals surface area contributed by atoms with E-state index < -0.39 is 0 Å². The maximum atomic E-state index is 4.27. The minimum Gasteiger partial charge on any atom is -0.315 e. The molecular formula is C12H23N5. The Kier molecular flexibility index (Phi) is 4.50. The van der Waals surface area contributed by atoms with Gasteiger partial charge in [0, 0.05) is 32.6 Å². The number of rotatable bonds is 5. The van der Waals surface area contributed by atoms with Crippen molar-refractivity contribution in [1.82, 2.24) is 25.0 Å². The Hall–Kier alpha value is -0.940. The second-order valence-electron chi connectivity index (χ2n) is 4.92. The number of piperidine rings is 1. The fraction of sp³-hybridized carbons (Fsp3) is 0.833. The zero-order valence-electron chi connectivity index (χ0n) is 10.9. The van der Waals surface area contributed by atoms with Crippen LogP contribution in [0.2, 0.25) is 0 Å². The summed E-state index contributed by atoms with van der Waals surface area (Å²) in [7, 11) is 4.13. The molecule has 1 aromatic heterocycles. The largest absolute Gasteiger partial charge is 0.315 e. The van der Waals surface area contributed by atoms with Crippen LogP contribution in [0.25, 0.3) is 0 Å². The van der Waals surface area contributed by atoms with E-state index in [1.165, 1.54) is 25.8 Å². The van der Waals surface area contributed by atoms with Gasteiger partial charge in [0.1, 0.15) is 6.33 Å². The number of aromatic nitrogens is 3. The van der Waals surface area contributed by atoms with Crippen LogP contribution < -0.4 is 5.32 Å². The van der Waals surface area contributed by atoms with Crippen molar-refractivity contribution >= 4 is 0 Å². The molecule has 1 aliphatic rings. The van der Waals surface area contributed by atoms with Crippen LogP contribution >= 0.6 is 0 Å². The van der Waals surface area contributed by atoms with E-state index in [0.717, 1.165) is 25.3 Å². The molecule has 96 valence electrons. The molecule has 1 N–H and O–H groups in total. The van der Waals surface area contributed by atoms with Crippen molar-refractivity contribution in [2.24, 2.45) is 7.05 Å². The summed E-state index contributed by atoms with van der Waals surface area (Å²) in [6.45, 7) is 3.30. The first-order chi connectivity index (χ1) is 8.25. The highest BCUT2D eigenvalue weighted by Crippen LogP contribution is 2.13. The summed E-state index contributed by atoms with van der Waals surface area (Å²) in [4.78, 5) is 6.68. The Balaban J connectivity index is 1.62. The monoisotopic (exact) mass is 237 g/mol. The van der Waals surface area contributed by atoms with Gasteiger partial charge in [0.15, 0.2) is 5.82 Å². The minimum atomic E-state index is 0.709. The second-order valence-corrected chi connectivity index (χ2v) is 4.92. The second kappa shape index (κ2) is 6.12. The average Bonchev–Trinajstić information content (AvgIpc) is 2.73. The molecule has 17 heavy (non-hydrogen) atoms. The number of hydrogen-bond acceptors (Lipinski definition) is 4. The quantitative estimate of drug-likeness (QED) is 0.755. The molecule has 1 fully saturated rings. The lowest BCUT2D eigenvalue weighted by molar-refractivity contribution is 0.182. The summed E-state index contributed by atoms with van der Waals surface area (Å²) in [5, 5.41) is 7.78. The molecule has 0 radical (unpaired) electrons. The first-order valence-electron chi connectivity index (χ1n) is 6.51. The number of hydrogen-bond donors (Lipinski definition) is 1. The predicted molar refractivity (Wildman–Crippen MR) is 67.8 cm³/mol. The van der Waals surface area contributed by atoms with Gasteiger partial charge >= 0.3 is 0 Å². The van der Waals surface area contributed by atoms with Gasteiger partial charge in [0.2, 0.25) is 0 Å². The van der Waals surface area contributed by atoms with Gasteiger partial charge in [0.25, 0.3) is 0 Å². The molecule has 2 heterocycles. The Morgan fingerprint density at radius 2 is 2.29 bits per heavy atom. The average molecular weight is 237 g/mol. The van der Waals surface area contributed by atoms with Crippen LogP contribution in [0.5, 0.6) is 0 Å². The Labute approximate surface area is 103 Å². The topological polar surface area (TPSA) is 46.0 Å². The van der Waals surface area contributed by atoms with Crippen molar-refractivity contribution in [3.63, 3.8) is 0 Å². The number of likely N-dealkylation sites (tertiary alicyclic amines) is 1. The Bertz CT molecular complexity index is 335. The standard InChI is InChI=1S/C12H23N5/c1-16-8-4-3-5-11(16)9-13-7-6-12-14-10-17(2)15-12/h10-11,13H,3-9H2,1-2H3. The molecule has 2 rings (SSSR count). The van der Waals surface area contributed by atoms with Crippen molar-refractivity contribution in [1.29, 1.82) is 0 Å². The van der Waals surface area contributed by atoms with E-state index in [2.05, 4.69) is 27.3 Å². The molecule has 0 saturated carbocycles. The smallest absolute Gasteiger partial charge is 0.151 e.